The molecule has 4 rings (SSSR count). The number of phenols is 2. The number of ketones is 2. The van der Waals surface area contributed by atoms with Crippen molar-refractivity contribution in [1.82, 2.24) is 0 Å². The summed E-state index contributed by atoms with van der Waals surface area (Å²) in [6.07, 6.45) is -4.89. The summed E-state index contributed by atoms with van der Waals surface area (Å²) < 4.78 is 40.2. The van der Waals surface area contributed by atoms with E-state index in [-0.39, 0.29) is 40.3 Å². The third kappa shape index (κ3) is 3.01. The Labute approximate surface area is 178 Å². The predicted octanol–water partition coefficient (Wildman–Crippen LogP) is 3.16. The number of hydrogen-bond donors (Lipinski definition) is 4. The van der Waals surface area contributed by atoms with Crippen LogP contribution in [0.25, 0.3) is 10.8 Å². The number of aliphatic hydroxyl groups is 1. The highest BCUT2D eigenvalue weighted by molar-refractivity contribution is 6.21. The summed E-state index contributed by atoms with van der Waals surface area (Å²) in [6.45, 7) is 0.942. The fraction of sp³-hybridized carbons (Fsp3) is 0.318. The van der Waals surface area contributed by atoms with Crippen molar-refractivity contribution >= 4 is 28.2 Å². The van der Waals surface area contributed by atoms with Crippen LogP contribution in [0.3, 0.4) is 0 Å². The van der Waals surface area contributed by atoms with Crippen LogP contribution in [-0.4, -0.2) is 39.0 Å². The summed E-state index contributed by atoms with van der Waals surface area (Å²) >= 11 is 0. The van der Waals surface area contributed by atoms with Crippen molar-refractivity contribution in [3.05, 3.63) is 46.2 Å². The number of amides is 1. The maximum Gasteiger partial charge on any atom is 0.395 e. The molecule has 0 radical (unpaired) electrons. The molecule has 0 bridgehead atoms. The highest BCUT2D eigenvalue weighted by Gasteiger charge is 2.47. The van der Waals surface area contributed by atoms with Gasteiger partial charge in [0.05, 0.1) is 22.8 Å². The van der Waals surface area contributed by atoms with Gasteiger partial charge in [0.25, 0.3) is 5.91 Å². The predicted molar refractivity (Wildman–Crippen MR) is 105 cm³/mol. The molecule has 0 aromatic heterocycles. The molecule has 0 fully saturated rings. The first-order valence-corrected chi connectivity index (χ1v) is 9.72. The zero-order chi connectivity index (χ0) is 23.7. The molecule has 5 N–H and O–H groups in total. The van der Waals surface area contributed by atoms with Crippen molar-refractivity contribution in [3.63, 3.8) is 0 Å². The average molecular weight is 449 g/mol. The fourth-order valence-corrected chi connectivity index (χ4v) is 4.75. The average Bonchev–Trinajstić information content (AvgIpc) is 2.65. The third-order valence-corrected chi connectivity index (χ3v) is 6.33. The van der Waals surface area contributed by atoms with Crippen LogP contribution in [0, 0.1) is 11.8 Å². The molecule has 7 nitrogen and oxygen atoms in total. The lowest BCUT2D eigenvalue weighted by molar-refractivity contribution is -0.146. The standard InChI is InChI=1S/C22H18F3NO6/c1-7(22(23,24)25)10-2-3-12(27)16-11(10)5-8-4-9-6-13(28)17(21(26)32)20(31)15(9)18(29)14(8)19(16)30/h2-3,5,7,9,15,27,30-31H,4,6H2,1H3,(H2,26,32)/t7?,9-,15?/m0/s1. The van der Waals surface area contributed by atoms with Crippen LogP contribution in [0.5, 0.6) is 11.5 Å². The molecule has 2 aromatic rings. The molecule has 2 aliphatic rings. The largest absolute Gasteiger partial charge is 0.511 e. The van der Waals surface area contributed by atoms with Crippen molar-refractivity contribution in [2.24, 2.45) is 17.6 Å². The molecular formula is C22H18F3NO6. The number of rotatable bonds is 2. The van der Waals surface area contributed by atoms with E-state index in [0.29, 0.717) is 0 Å². The molecule has 2 aromatic carbocycles. The number of alkyl halides is 3. The fourth-order valence-electron chi connectivity index (χ4n) is 4.75. The Morgan fingerprint density at radius 3 is 2.41 bits per heavy atom. The number of benzene rings is 2. The highest BCUT2D eigenvalue weighted by atomic mass is 19.4. The number of allylic oxidation sites excluding steroid dienone is 1. The summed E-state index contributed by atoms with van der Waals surface area (Å²) in [5.41, 5.74) is 4.18. The van der Waals surface area contributed by atoms with Gasteiger partial charge in [-0.2, -0.15) is 13.2 Å². The number of nitrogens with two attached hydrogens (primary N) is 1. The van der Waals surface area contributed by atoms with E-state index >= 15 is 0 Å². The number of primary amides is 1. The van der Waals surface area contributed by atoms with E-state index in [4.69, 9.17) is 5.73 Å². The molecule has 0 saturated carbocycles. The van der Waals surface area contributed by atoms with Crippen LogP contribution in [-0.2, 0) is 16.0 Å². The molecule has 2 aliphatic carbocycles. The summed E-state index contributed by atoms with van der Waals surface area (Å²) in [5.74, 6) is -8.75. The number of Topliss-reactive ketones (excluding diaryl/α,β-unsaturated/α-hetero) is 2. The van der Waals surface area contributed by atoms with Crippen molar-refractivity contribution < 1.29 is 42.9 Å². The molecule has 0 saturated heterocycles. The monoisotopic (exact) mass is 449 g/mol. The van der Waals surface area contributed by atoms with Crippen LogP contribution in [0.15, 0.2) is 29.5 Å². The van der Waals surface area contributed by atoms with Crippen LogP contribution >= 0.6 is 0 Å². The number of aromatic hydroxyl groups is 2. The first-order valence-electron chi connectivity index (χ1n) is 9.72. The topological polar surface area (TPSA) is 138 Å². The van der Waals surface area contributed by atoms with Crippen molar-refractivity contribution in [3.8, 4) is 11.5 Å². The molecule has 0 spiro atoms. The van der Waals surface area contributed by atoms with Gasteiger partial charge in [-0.15, -0.1) is 0 Å². The molecule has 168 valence electrons. The quantitative estimate of drug-likeness (QED) is 0.520. The van der Waals surface area contributed by atoms with Crippen molar-refractivity contribution in [1.29, 1.82) is 0 Å². The number of phenolic OH excluding ortho intramolecular Hbond substituents is 2. The first-order chi connectivity index (χ1) is 14.8. The van der Waals surface area contributed by atoms with E-state index in [0.717, 1.165) is 19.1 Å². The summed E-state index contributed by atoms with van der Waals surface area (Å²) in [4.78, 5) is 37.0. The van der Waals surface area contributed by atoms with Gasteiger partial charge in [-0.1, -0.05) is 6.07 Å². The third-order valence-electron chi connectivity index (χ3n) is 6.33. The Hall–Kier alpha value is -3.56. The van der Waals surface area contributed by atoms with Gasteiger partial charge in [0.15, 0.2) is 11.6 Å². The molecule has 2 unspecified atom stereocenters. The lowest BCUT2D eigenvalue weighted by Gasteiger charge is -2.35. The molecule has 10 heteroatoms. The Morgan fingerprint density at radius 1 is 1.16 bits per heavy atom. The number of fused-ring (bicyclic) bond motifs is 3. The number of carbonyl (C=O) groups is 3. The molecule has 3 atom stereocenters. The minimum atomic E-state index is -4.59. The molecule has 1 amide bonds. The second-order valence-electron chi connectivity index (χ2n) is 8.18. The second-order valence-corrected chi connectivity index (χ2v) is 8.18. The Kier molecular flexibility index (Phi) is 4.72. The lowest BCUT2D eigenvalue weighted by atomic mass is 9.67. The molecule has 32 heavy (non-hydrogen) atoms. The van der Waals surface area contributed by atoms with E-state index in [2.05, 4.69) is 0 Å². The molecule has 0 heterocycles. The van der Waals surface area contributed by atoms with Gasteiger partial charge in [-0.3, -0.25) is 14.4 Å². The van der Waals surface area contributed by atoms with Gasteiger partial charge in [-0.25, -0.2) is 0 Å². The maximum absolute atomic E-state index is 13.4. The molecular weight excluding hydrogens is 431 g/mol. The number of carbonyl (C=O) groups excluding carboxylic acids is 3. The van der Waals surface area contributed by atoms with Crippen LogP contribution in [0.1, 0.15) is 40.7 Å². The van der Waals surface area contributed by atoms with Gasteiger partial charge in [0, 0.05) is 6.42 Å². The first kappa shape index (κ1) is 21.7. The van der Waals surface area contributed by atoms with Gasteiger partial charge in [-0.05, 0) is 47.9 Å². The normalized spacial score (nSPS) is 22.0. The number of hydrogen-bond acceptors (Lipinski definition) is 6. The van der Waals surface area contributed by atoms with E-state index in [9.17, 15) is 42.9 Å². The summed E-state index contributed by atoms with van der Waals surface area (Å²) in [7, 11) is 0. The van der Waals surface area contributed by atoms with Gasteiger partial charge >= 0.3 is 6.18 Å². The van der Waals surface area contributed by atoms with Gasteiger partial charge in [0.2, 0.25) is 0 Å². The zero-order valence-corrected chi connectivity index (χ0v) is 16.7. The van der Waals surface area contributed by atoms with Crippen molar-refractivity contribution in [2.45, 2.75) is 31.9 Å². The van der Waals surface area contributed by atoms with E-state index in [1.807, 2.05) is 0 Å². The zero-order valence-electron chi connectivity index (χ0n) is 16.7. The summed E-state index contributed by atoms with van der Waals surface area (Å²) in [6, 6.07) is 3.40. The van der Waals surface area contributed by atoms with E-state index in [1.54, 1.807) is 0 Å². The summed E-state index contributed by atoms with van der Waals surface area (Å²) in [5, 5.41) is 31.2. The maximum atomic E-state index is 13.4. The number of aliphatic hydroxyl groups excluding tert-OH is 1. The number of halogens is 3. The van der Waals surface area contributed by atoms with Gasteiger partial charge < -0.3 is 21.1 Å². The highest BCUT2D eigenvalue weighted by Crippen LogP contribution is 2.49. The van der Waals surface area contributed by atoms with E-state index in [1.165, 1.54) is 6.07 Å². The second kappa shape index (κ2) is 6.98. The van der Waals surface area contributed by atoms with E-state index < -0.39 is 64.2 Å². The van der Waals surface area contributed by atoms with Crippen LogP contribution < -0.4 is 5.73 Å². The minimum absolute atomic E-state index is 0.0213. The lowest BCUT2D eigenvalue weighted by Crippen LogP contribution is -2.41. The Morgan fingerprint density at radius 2 is 1.81 bits per heavy atom. The van der Waals surface area contributed by atoms with Crippen LogP contribution in [0.2, 0.25) is 0 Å². The minimum Gasteiger partial charge on any atom is -0.511 e. The van der Waals surface area contributed by atoms with Crippen LogP contribution in [0.4, 0.5) is 13.2 Å². The Balaban J connectivity index is 1.97. The SMILES string of the molecule is CC(c1ccc(O)c2c(O)c3c(cc12)C[C@H]1CC(=O)C(C(N)=O)=C(O)C1C3=O)C(F)(F)F. The smallest absolute Gasteiger partial charge is 0.395 e. The Bertz CT molecular complexity index is 1250. The molecule has 0 aliphatic heterocycles. The van der Waals surface area contributed by atoms with Crippen molar-refractivity contribution in [2.75, 3.05) is 0 Å². The van der Waals surface area contributed by atoms with Gasteiger partial charge in [0.1, 0.15) is 22.8 Å².